The molecule has 0 aromatic rings. The van der Waals surface area contributed by atoms with Gasteiger partial charge in [-0.3, -0.25) is 4.79 Å². The summed E-state index contributed by atoms with van der Waals surface area (Å²) in [6.45, 7) is 5.30. The molecule has 0 aliphatic heterocycles. The molecule has 0 aliphatic rings. The Morgan fingerprint density at radius 3 is 2.08 bits per heavy atom. The lowest BCUT2D eigenvalue weighted by Crippen LogP contribution is -2.45. The zero-order chi connectivity index (χ0) is 10.6. The first-order valence-electron chi connectivity index (χ1n) is 4.40. The number of amides is 1. The molecule has 0 aromatic carbocycles. The highest BCUT2D eigenvalue weighted by molar-refractivity contribution is 5.83. The molecule has 0 aliphatic carbocycles. The summed E-state index contributed by atoms with van der Waals surface area (Å²) in [7, 11) is 1.53. The number of rotatable bonds is 4. The molecule has 1 unspecified atom stereocenters. The number of likely N-dealkylation sites (N-methyl/N-ethyl adjacent to an activating group) is 1. The van der Waals surface area contributed by atoms with Crippen molar-refractivity contribution in [2.75, 3.05) is 7.05 Å². The van der Waals surface area contributed by atoms with Crippen molar-refractivity contribution in [2.45, 2.75) is 33.2 Å². The van der Waals surface area contributed by atoms with Crippen LogP contribution in [0.25, 0.3) is 0 Å². The molecular formula is C9H17NO3. The van der Waals surface area contributed by atoms with E-state index in [1.165, 1.54) is 11.9 Å². The summed E-state index contributed by atoms with van der Waals surface area (Å²) < 4.78 is 0. The van der Waals surface area contributed by atoms with Gasteiger partial charge in [-0.2, -0.15) is 0 Å². The average Bonchev–Trinajstić information content (AvgIpc) is 2.01. The van der Waals surface area contributed by atoms with Crippen molar-refractivity contribution in [2.24, 2.45) is 5.92 Å². The van der Waals surface area contributed by atoms with Crippen LogP contribution in [-0.4, -0.2) is 35.0 Å². The normalized spacial score (nSPS) is 12.7. The number of hydrogen-bond acceptors (Lipinski definition) is 2. The second kappa shape index (κ2) is 4.84. The van der Waals surface area contributed by atoms with E-state index in [1.54, 1.807) is 20.8 Å². The molecule has 4 nitrogen and oxygen atoms in total. The molecule has 0 rings (SSSR count). The van der Waals surface area contributed by atoms with Crippen molar-refractivity contribution in [1.82, 2.24) is 4.90 Å². The number of nitrogens with zero attached hydrogens (tertiary/aromatic N) is 1. The van der Waals surface area contributed by atoms with Gasteiger partial charge in [0.25, 0.3) is 0 Å². The quantitative estimate of drug-likeness (QED) is 0.713. The maximum atomic E-state index is 11.2. The van der Waals surface area contributed by atoms with Crippen LogP contribution in [0.1, 0.15) is 27.2 Å². The SMILES string of the molecule is CCC(=O)N(C)C(C(=O)O)C(C)C. The van der Waals surface area contributed by atoms with Gasteiger partial charge in [0.1, 0.15) is 6.04 Å². The number of carboxylic acid groups (broad SMARTS) is 1. The van der Waals surface area contributed by atoms with E-state index in [4.69, 9.17) is 5.11 Å². The third-order valence-electron chi connectivity index (χ3n) is 2.00. The van der Waals surface area contributed by atoms with E-state index in [2.05, 4.69) is 0 Å². The molecule has 0 saturated carbocycles. The molecule has 0 saturated heterocycles. The van der Waals surface area contributed by atoms with E-state index in [-0.39, 0.29) is 11.8 Å². The van der Waals surface area contributed by atoms with Crippen LogP contribution in [0, 0.1) is 5.92 Å². The summed E-state index contributed by atoms with van der Waals surface area (Å²) >= 11 is 0. The summed E-state index contributed by atoms with van der Waals surface area (Å²) in [5.74, 6) is -1.15. The second-order valence-corrected chi connectivity index (χ2v) is 3.39. The van der Waals surface area contributed by atoms with E-state index < -0.39 is 12.0 Å². The molecule has 1 atom stereocenters. The van der Waals surface area contributed by atoms with Crippen LogP contribution in [0.3, 0.4) is 0 Å². The predicted molar refractivity (Wildman–Crippen MR) is 49.3 cm³/mol. The van der Waals surface area contributed by atoms with Gasteiger partial charge in [-0.05, 0) is 5.92 Å². The van der Waals surface area contributed by atoms with E-state index in [0.717, 1.165) is 0 Å². The number of hydrogen-bond donors (Lipinski definition) is 1. The third-order valence-corrected chi connectivity index (χ3v) is 2.00. The van der Waals surface area contributed by atoms with Gasteiger partial charge in [-0.15, -0.1) is 0 Å². The van der Waals surface area contributed by atoms with Gasteiger partial charge in [-0.1, -0.05) is 20.8 Å². The molecule has 1 N–H and O–H groups in total. The maximum absolute atomic E-state index is 11.2. The molecule has 13 heavy (non-hydrogen) atoms. The van der Waals surface area contributed by atoms with E-state index >= 15 is 0 Å². The Kier molecular flexibility index (Phi) is 4.45. The van der Waals surface area contributed by atoms with Gasteiger partial charge in [0.05, 0.1) is 0 Å². The largest absolute Gasteiger partial charge is 0.480 e. The molecule has 1 amide bonds. The zero-order valence-corrected chi connectivity index (χ0v) is 8.57. The molecule has 0 fully saturated rings. The fraction of sp³-hybridized carbons (Fsp3) is 0.778. The van der Waals surface area contributed by atoms with Gasteiger partial charge in [0, 0.05) is 13.5 Å². The van der Waals surface area contributed by atoms with Gasteiger partial charge in [-0.25, -0.2) is 4.79 Å². The van der Waals surface area contributed by atoms with Crippen LogP contribution in [0.4, 0.5) is 0 Å². The first-order chi connectivity index (χ1) is 5.91. The molecule has 0 radical (unpaired) electrons. The van der Waals surface area contributed by atoms with E-state index in [1.807, 2.05) is 0 Å². The van der Waals surface area contributed by atoms with Crippen molar-refractivity contribution in [3.63, 3.8) is 0 Å². The van der Waals surface area contributed by atoms with Crippen molar-refractivity contribution >= 4 is 11.9 Å². The Bertz CT molecular complexity index is 201. The van der Waals surface area contributed by atoms with Gasteiger partial charge >= 0.3 is 5.97 Å². The summed E-state index contributed by atoms with van der Waals surface area (Å²) in [6, 6.07) is -0.715. The number of carboxylic acids is 1. The lowest BCUT2D eigenvalue weighted by molar-refractivity contribution is -0.150. The maximum Gasteiger partial charge on any atom is 0.326 e. The highest BCUT2D eigenvalue weighted by atomic mass is 16.4. The lowest BCUT2D eigenvalue weighted by Gasteiger charge is -2.27. The first-order valence-corrected chi connectivity index (χ1v) is 4.40. The molecular weight excluding hydrogens is 170 g/mol. The molecule has 0 heterocycles. The molecule has 0 bridgehead atoms. The van der Waals surface area contributed by atoms with Crippen LogP contribution >= 0.6 is 0 Å². The Morgan fingerprint density at radius 1 is 1.38 bits per heavy atom. The van der Waals surface area contributed by atoms with Crippen molar-refractivity contribution in [3.05, 3.63) is 0 Å². The molecule has 0 aromatic heterocycles. The number of carbonyl (C=O) groups is 2. The second-order valence-electron chi connectivity index (χ2n) is 3.39. The minimum Gasteiger partial charge on any atom is -0.480 e. The minimum atomic E-state index is -0.945. The Balaban J connectivity index is 4.55. The van der Waals surface area contributed by atoms with Crippen LogP contribution in [0.2, 0.25) is 0 Å². The Labute approximate surface area is 78.5 Å². The number of aliphatic carboxylic acids is 1. The van der Waals surface area contributed by atoms with Crippen molar-refractivity contribution in [1.29, 1.82) is 0 Å². The van der Waals surface area contributed by atoms with Crippen LogP contribution in [-0.2, 0) is 9.59 Å². The third kappa shape index (κ3) is 3.05. The summed E-state index contributed by atoms with van der Waals surface area (Å²) in [6.07, 6.45) is 0.340. The highest BCUT2D eigenvalue weighted by Gasteiger charge is 2.28. The van der Waals surface area contributed by atoms with Gasteiger partial charge in [0.2, 0.25) is 5.91 Å². The Morgan fingerprint density at radius 2 is 1.85 bits per heavy atom. The van der Waals surface area contributed by atoms with E-state index in [9.17, 15) is 9.59 Å². The predicted octanol–water partition coefficient (Wildman–Crippen LogP) is 0.964. The lowest BCUT2D eigenvalue weighted by atomic mass is 10.0. The van der Waals surface area contributed by atoms with Crippen LogP contribution in [0.5, 0.6) is 0 Å². The summed E-state index contributed by atoms with van der Waals surface area (Å²) in [5.41, 5.74) is 0. The van der Waals surface area contributed by atoms with E-state index in [0.29, 0.717) is 6.42 Å². The van der Waals surface area contributed by atoms with Crippen LogP contribution < -0.4 is 0 Å². The standard InChI is InChI=1S/C9H17NO3/c1-5-7(11)10(4)8(6(2)3)9(12)13/h6,8H,5H2,1-4H3,(H,12,13). The highest BCUT2D eigenvalue weighted by Crippen LogP contribution is 2.10. The molecule has 4 heteroatoms. The summed E-state index contributed by atoms with van der Waals surface area (Å²) in [4.78, 5) is 23.3. The monoisotopic (exact) mass is 187 g/mol. The van der Waals surface area contributed by atoms with Crippen LogP contribution in [0.15, 0.2) is 0 Å². The first kappa shape index (κ1) is 11.9. The molecule has 0 spiro atoms. The average molecular weight is 187 g/mol. The zero-order valence-electron chi connectivity index (χ0n) is 8.57. The fourth-order valence-corrected chi connectivity index (χ4v) is 1.30. The smallest absolute Gasteiger partial charge is 0.326 e. The minimum absolute atomic E-state index is 0.0713. The summed E-state index contributed by atoms with van der Waals surface area (Å²) in [5, 5.41) is 8.86. The topological polar surface area (TPSA) is 57.6 Å². The number of carbonyl (C=O) groups excluding carboxylic acids is 1. The van der Waals surface area contributed by atoms with Gasteiger partial charge in [0.15, 0.2) is 0 Å². The molecule has 76 valence electrons. The Hall–Kier alpha value is -1.06. The van der Waals surface area contributed by atoms with Crippen molar-refractivity contribution in [3.8, 4) is 0 Å². The van der Waals surface area contributed by atoms with Gasteiger partial charge < -0.3 is 10.0 Å². The fourth-order valence-electron chi connectivity index (χ4n) is 1.30. The van der Waals surface area contributed by atoms with Crippen molar-refractivity contribution < 1.29 is 14.7 Å².